The molecule has 1 aromatic heterocycles. The molecule has 1 unspecified atom stereocenters. The quantitative estimate of drug-likeness (QED) is 0.141. The van der Waals surface area contributed by atoms with Crippen molar-refractivity contribution in [1.82, 2.24) is 15.6 Å². The van der Waals surface area contributed by atoms with Gasteiger partial charge in [0.05, 0.1) is 6.04 Å². The maximum atomic E-state index is 14.1. The molecule has 0 fully saturated rings. The van der Waals surface area contributed by atoms with Gasteiger partial charge in [0.25, 0.3) is 5.91 Å². The van der Waals surface area contributed by atoms with Gasteiger partial charge in [0.2, 0.25) is 5.91 Å². The molecule has 0 radical (unpaired) electrons. The Kier molecular flexibility index (Phi) is 10.1. The van der Waals surface area contributed by atoms with Crippen molar-refractivity contribution in [2.75, 3.05) is 0 Å². The molecule has 5 aromatic rings. The fraction of sp³-hybridized carbons (Fsp3) is 0.147. The van der Waals surface area contributed by atoms with Crippen LogP contribution in [0.5, 0.6) is 11.5 Å². The first kappa shape index (κ1) is 31.0. The van der Waals surface area contributed by atoms with Crippen molar-refractivity contribution < 1.29 is 18.7 Å². The van der Waals surface area contributed by atoms with Crippen molar-refractivity contribution in [3.8, 4) is 33.2 Å². The smallest absolute Gasteiger partial charge is 0.258 e. The molecule has 0 spiro atoms. The van der Waals surface area contributed by atoms with Crippen LogP contribution < -0.4 is 21.1 Å². The molecule has 44 heavy (non-hydrogen) atoms. The minimum atomic E-state index is -0.721. The lowest BCUT2D eigenvalue weighted by Crippen LogP contribution is -2.45. The number of aromatic nitrogens is 1. The molecule has 0 aliphatic heterocycles. The van der Waals surface area contributed by atoms with Gasteiger partial charge in [-0.3, -0.25) is 14.9 Å². The Bertz CT molecular complexity index is 1780. The maximum Gasteiger partial charge on any atom is 0.258 e. The van der Waals surface area contributed by atoms with Crippen molar-refractivity contribution >= 4 is 34.8 Å². The second kappa shape index (κ2) is 14.4. The number of thiazole rings is 1. The molecule has 1 heterocycles. The molecule has 0 aliphatic carbocycles. The number of rotatable bonds is 11. The fourth-order valence-electron chi connectivity index (χ4n) is 4.69. The molecule has 0 bridgehead atoms. The SMILES string of the molecule is CCC(NCc1ccccc1F)C(=O)NC(=O)c1ccc(-c2nccs2)cc1-c1ccc(Cl)cc1Oc1cccc(CN)c1. The van der Waals surface area contributed by atoms with Crippen LogP contribution in [-0.2, 0) is 17.9 Å². The number of ether oxygens (including phenoxy) is 1. The molecule has 7 nitrogen and oxygen atoms in total. The van der Waals surface area contributed by atoms with E-state index in [1.165, 1.54) is 17.4 Å². The average Bonchev–Trinajstić information content (AvgIpc) is 3.57. The van der Waals surface area contributed by atoms with Gasteiger partial charge in [0.15, 0.2) is 0 Å². The number of nitrogens with two attached hydrogens (primary N) is 1. The normalized spacial score (nSPS) is 11.6. The predicted molar refractivity (Wildman–Crippen MR) is 172 cm³/mol. The van der Waals surface area contributed by atoms with Crippen LogP contribution in [0.15, 0.2) is 96.5 Å². The number of imide groups is 1. The van der Waals surface area contributed by atoms with Crippen LogP contribution in [0.1, 0.15) is 34.8 Å². The van der Waals surface area contributed by atoms with E-state index >= 15 is 0 Å². The zero-order valence-electron chi connectivity index (χ0n) is 23.8. The lowest BCUT2D eigenvalue weighted by molar-refractivity contribution is -0.122. The Morgan fingerprint density at radius 3 is 2.61 bits per heavy atom. The van der Waals surface area contributed by atoms with Gasteiger partial charge in [0, 0.05) is 58.0 Å². The Morgan fingerprint density at radius 1 is 1.02 bits per heavy atom. The van der Waals surface area contributed by atoms with Crippen LogP contribution in [0.2, 0.25) is 5.02 Å². The van der Waals surface area contributed by atoms with Gasteiger partial charge in [-0.2, -0.15) is 0 Å². The number of nitrogens with one attached hydrogen (secondary N) is 2. The van der Waals surface area contributed by atoms with Crippen LogP contribution in [0.25, 0.3) is 21.7 Å². The van der Waals surface area contributed by atoms with Crippen molar-refractivity contribution in [3.63, 3.8) is 0 Å². The number of halogens is 2. The second-order valence-corrected chi connectivity index (χ2v) is 11.3. The predicted octanol–water partition coefficient (Wildman–Crippen LogP) is 7.35. The number of benzene rings is 4. The van der Waals surface area contributed by atoms with Gasteiger partial charge in [0.1, 0.15) is 22.3 Å². The number of hydrogen-bond acceptors (Lipinski definition) is 7. The highest BCUT2D eigenvalue weighted by atomic mass is 35.5. The molecule has 1 atom stereocenters. The summed E-state index contributed by atoms with van der Waals surface area (Å²) in [6, 6.07) is 23.5. The van der Waals surface area contributed by atoms with Crippen LogP contribution in [0.3, 0.4) is 0 Å². The third-order valence-corrected chi connectivity index (χ3v) is 8.05. The van der Waals surface area contributed by atoms with E-state index in [-0.39, 0.29) is 17.9 Å². The molecule has 0 saturated heterocycles. The van der Waals surface area contributed by atoms with Gasteiger partial charge < -0.3 is 15.8 Å². The first-order valence-electron chi connectivity index (χ1n) is 14.0. The van der Waals surface area contributed by atoms with E-state index in [0.29, 0.717) is 46.2 Å². The number of carbonyl (C=O) groups is 2. The first-order chi connectivity index (χ1) is 21.4. The lowest BCUT2D eigenvalue weighted by atomic mass is 9.95. The second-order valence-electron chi connectivity index (χ2n) is 9.94. The summed E-state index contributed by atoms with van der Waals surface area (Å²) in [6.07, 6.45) is 2.10. The summed E-state index contributed by atoms with van der Waals surface area (Å²) in [7, 11) is 0. The third kappa shape index (κ3) is 7.38. The summed E-state index contributed by atoms with van der Waals surface area (Å²) in [5, 5.41) is 8.67. The largest absolute Gasteiger partial charge is 0.457 e. The van der Waals surface area contributed by atoms with Crippen LogP contribution in [0, 0.1) is 5.82 Å². The molecule has 0 saturated carbocycles. The summed E-state index contributed by atoms with van der Waals surface area (Å²) in [4.78, 5) is 31.4. The van der Waals surface area contributed by atoms with Gasteiger partial charge >= 0.3 is 0 Å². The van der Waals surface area contributed by atoms with Crippen molar-refractivity contribution in [3.05, 3.63) is 124 Å². The minimum Gasteiger partial charge on any atom is -0.457 e. The standard InChI is InChI=1S/C34H30ClFN4O3S/c1-2-30(39-20-23-7-3-4-9-29(23)36)33(42)40-32(41)27-12-10-22(34-38-14-15-44-34)17-28(27)26-13-11-24(35)18-31(26)43-25-8-5-6-21(16-25)19-37/h3-18,30,39H,2,19-20,37H2,1H3,(H,40,41,42). The average molecular weight is 629 g/mol. The fourth-order valence-corrected chi connectivity index (χ4v) is 5.49. The Hall–Kier alpha value is -4.41. The van der Waals surface area contributed by atoms with Gasteiger partial charge in [-0.1, -0.05) is 54.9 Å². The van der Waals surface area contributed by atoms with E-state index in [2.05, 4.69) is 15.6 Å². The molecule has 5 rings (SSSR count). The first-order valence-corrected chi connectivity index (χ1v) is 15.2. The molecule has 0 aliphatic rings. The van der Waals surface area contributed by atoms with Gasteiger partial charge in [-0.25, -0.2) is 9.37 Å². The number of carbonyl (C=O) groups excluding carboxylic acids is 2. The van der Waals surface area contributed by atoms with Crippen LogP contribution in [0.4, 0.5) is 4.39 Å². The van der Waals surface area contributed by atoms with Gasteiger partial charge in [-0.15, -0.1) is 11.3 Å². The summed E-state index contributed by atoms with van der Waals surface area (Å²) in [5.41, 5.74) is 9.31. The van der Waals surface area contributed by atoms with E-state index in [9.17, 15) is 14.0 Å². The van der Waals surface area contributed by atoms with E-state index in [4.69, 9.17) is 22.1 Å². The minimum absolute atomic E-state index is 0.136. The topological polar surface area (TPSA) is 106 Å². The molecular weight excluding hydrogens is 599 g/mol. The van der Waals surface area contributed by atoms with Crippen molar-refractivity contribution in [2.45, 2.75) is 32.5 Å². The molecule has 2 amide bonds. The van der Waals surface area contributed by atoms with Crippen LogP contribution in [-0.4, -0.2) is 22.8 Å². The Labute approximate surface area is 263 Å². The number of amides is 2. The highest BCUT2D eigenvalue weighted by Crippen LogP contribution is 2.39. The zero-order valence-corrected chi connectivity index (χ0v) is 25.4. The highest BCUT2D eigenvalue weighted by molar-refractivity contribution is 7.13. The van der Waals surface area contributed by atoms with E-state index in [0.717, 1.165) is 16.1 Å². The van der Waals surface area contributed by atoms with Crippen molar-refractivity contribution in [2.24, 2.45) is 5.73 Å². The lowest BCUT2D eigenvalue weighted by Gasteiger charge is -2.19. The molecule has 4 aromatic carbocycles. The Balaban J connectivity index is 1.47. The maximum absolute atomic E-state index is 14.1. The van der Waals surface area contributed by atoms with Crippen LogP contribution >= 0.6 is 22.9 Å². The van der Waals surface area contributed by atoms with E-state index in [1.54, 1.807) is 60.8 Å². The summed E-state index contributed by atoms with van der Waals surface area (Å²) < 4.78 is 20.4. The molecule has 224 valence electrons. The summed E-state index contributed by atoms with van der Waals surface area (Å²) in [6.45, 7) is 2.30. The van der Waals surface area contributed by atoms with Crippen molar-refractivity contribution in [1.29, 1.82) is 0 Å². The summed E-state index contributed by atoms with van der Waals surface area (Å²) >= 11 is 7.85. The monoisotopic (exact) mass is 628 g/mol. The Morgan fingerprint density at radius 2 is 1.86 bits per heavy atom. The number of nitrogens with zero attached hydrogens (tertiary/aromatic N) is 1. The highest BCUT2D eigenvalue weighted by Gasteiger charge is 2.23. The zero-order chi connectivity index (χ0) is 31.1. The third-order valence-electron chi connectivity index (χ3n) is 7.00. The van der Waals surface area contributed by atoms with E-state index in [1.807, 2.05) is 36.6 Å². The molecule has 4 N–H and O–H groups in total. The number of hydrogen-bond donors (Lipinski definition) is 3. The summed E-state index contributed by atoms with van der Waals surface area (Å²) in [5.74, 6) is -0.503. The van der Waals surface area contributed by atoms with E-state index < -0.39 is 17.9 Å². The molecule has 10 heteroatoms. The van der Waals surface area contributed by atoms with Gasteiger partial charge in [-0.05, 0) is 60.0 Å². The molecular formula is C34H30ClFN4O3S.